The fraction of sp³-hybridized carbons (Fsp3) is 0.308. The van der Waals surface area contributed by atoms with Crippen LogP contribution in [0.4, 0.5) is 24.8 Å². The van der Waals surface area contributed by atoms with Crippen LogP contribution < -0.4 is 4.90 Å². The molecule has 6 nitrogen and oxygen atoms in total. The lowest BCUT2D eigenvalue weighted by atomic mass is 10.1. The summed E-state index contributed by atoms with van der Waals surface area (Å²) < 4.78 is 39.0. The van der Waals surface area contributed by atoms with Crippen molar-refractivity contribution in [3.63, 3.8) is 0 Å². The van der Waals surface area contributed by atoms with Crippen molar-refractivity contribution in [2.45, 2.75) is 12.7 Å². The van der Waals surface area contributed by atoms with Crippen molar-refractivity contribution in [2.75, 3.05) is 11.9 Å². The topological polar surface area (TPSA) is 64.2 Å². The van der Waals surface area contributed by atoms with Gasteiger partial charge in [-0.1, -0.05) is 12.1 Å². The number of rotatable bonds is 4. The third-order valence-corrected chi connectivity index (χ3v) is 3.12. The zero-order valence-electron chi connectivity index (χ0n) is 11.8. The normalized spacial score (nSPS) is 11.5. The Balaban J connectivity index is 2.21. The van der Waals surface area contributed by atoms with E-state index < -0.39 is 16.7 Å². The predicted octanol–water partition coefficient (Wildman–Crippen LogP) is 2.98. The lowest BCUT2D eigenvalue weighted by Crippen LogP contribution is -2.20. The molecule has 2 aromatic rings. The Bertz CT molecular complexity index is 680. The van der Waals surface area contributed by atoms with Crippen molar-refractivity contribution in [1.82, 2.24) is 9.55 Å². The van der Waals surface area contributed by atoms with Crippen molar-refractivity contribution >= 4 is 11.6 Å². The Hall–Kier alpha value is -2.58. The van der Waals surface area contributed by atoms with Gasteiger partial charge in [-0.2, -0.15) is 13.2 Å². The zero-order chi connectivity index (χ0) is 16.5. The number of aromatic nitrogens is 2. The van der Waals surface area contributed by atoms with E-state index >= 15 is 0 Å². The number of nitrogens with zero attached hydrogens (tertiary/aromatic N) is 4. The molecule has 2 rings (SSSR count). The maximum absolute atomic E-state index is 12.5. The van der Waals surface area contributed by atoms with E-state index in [2.05, 4.69) is 4.98 Å². The van der Waals surface area contributed by atoms with E-state index in [-0.39, 0.29) is 18.2 Å². The molecule has 0 atom stereocenters. The minimum atomic E-state index is -4.38. The minimum Gasteiger partial charge on any atom is -0.358 e. The summed E-state index contributed by atoms with van der Waals surface area (Å²) >= 11 is 0. The molecule has 0 aliphatic heterocycles. The quantitative estimate of drug-likeness (QED) is 0.643. The van der Waals surface area contributed by atoms with Crippen molar-refractivity contribution in [1.29, 1.82) is 0 Å². The van der Waals surface area contributed by atoms with Crippen LogP contribution in [-0.4, -0.2) is 21.5 Å². The van der Waals surface area contributed by atoms with Gasteiger partial charge in [0.2, 0.25) is 12.1 Å². The number of benzene rings is 1. The van der Waals surface area contributed by atoms with Crippen LogP contribution in [0.25, 0.3) is 0 Å². The summed E-state index contributed by atoms with van der Waals surface area (Å²) in [5.41, 5.74) is -0.128. The van der Waals surface area contributed by atoms with E-state index in [4.69, 9.17) is 0 Å². The third-order valence-electron chi connectivity index (χ3n) is 3.12. The highest BCUT2D eigenvalue weighted by atomic mass is 19.4. The van der Waals surface area contributed by atoms with Gasteiger partial charge in [0.1, 0.15) is 0 Å². The predicted molar refractivity (Wildman–Crippen MR) is 73.4 cm³/mol. The second-order valence-corrected chi connectivity index (χ2v) is 4.81. The smallest absolute Gasteiger partial charge is 0.358 e. The Kier molecular flexibility index (Phi) is 4.07. The van der Waals surface area contributed by atoms with Crippen molar-refractivity contribution < 1.29 is 18.1 Å². The van der Waals surface area contributed by atoms with Gasteiger partial charge in [-0.25, -0.2) is 0 Å². The van der Waals surface area contributed by atoms with Gasteiger partial charge in [-0.15, -0.1) is 0 Å². The summed E-state index contributed by atoms with van der Waals surface area (Å²) in [4.78, 5) is 15.6. The maximum atomic E-state index is 12.5. The number of anilines is 1. The molecule has 0 saturated carbocycles. The SMILES string of the molecule is CN(Cc1ccc(C(F)(F)F)cc1)c1c([N+](=O)[O-])ncn1C. The number of halogens is 3. The summed E-state index contributed by atoms with van der Waals surface area (Å²) in [5.74, 6) is -0.0122. The molecular weight excluding hydrogens is 301 g/mol. The molecule has 0 amide bonds. The lowest BCUT2D eigenvalue weighted by Gasteiger charge is -2.18. The van der Waals surface area contributed by atoms with E-state index in [0.717, 1.165) is 12.1 Å². The first-order valence-electron chi connectivity index (χ1n) is 6.23. The van der Waals surface area contributed by atoms with E-state index in [1.54, 1.807) is 19.0 Å². The minimum absolute atomic E-state index is 0.221. The molecule has 1 aromatic heterocycles. The number of hydrogen-bond acceptors (Lipinski definition) is 4. The molecule has 1 aromatic carbocycles. The van der Waals surface area contributed by atoms with E-state index in [1.165, 1.54) is 23.0 Å². The van der Waals surface area contributed by atoms with Gasteiger partial charge in [0.05, 0.1) is 5.56 Å². The van der Waals surface area contributed by atoms with E-state index in [9.17, 15) is 23.3 Å². The zero-order valence-corrected chi connectivity index (χ0v) is 11.8. The number of nitro groups is 1. The molecule has 0 aliphatic rings. The monoisotopic (exact) mass is 314 g/mol. The van der Waals surface area contributed by atoms with Crippen LogP contribution in [0.3, 0.4) is 0 Å². The summed E-state index contributed by atoms with van der Waals surface area (Å²) in [6, 6.07) is 4.67. The van der Waals surface area contributed by atoms with Crippen LogP contribution in [0.1, 0.15) is 11.1 Å². The second-order valence-electron chi connectivity index (χ2n) is 4.81. The summed E-state index contributed by atoms with van der Waals surface area (Å²) in [6.07, 6.45) is -3.07. The Morgan fingerprint density at radius 2 is 1.91 bits per heavy atom. The maximum Gasteiger partial charge on any atom is 0.416 e. The molecule has 0 fully saturated rings. The van der Waals surface area contributed by atoms with Gasteiger partial charge >= 0.3 is 12.0 Å². The number of hydrogen-bond donors (Lipinski definition) is 0. The van der Waals surface area contributed by atoms with Gasteiger partial charge in [0, 0.05) is 20.6 Å². The van der Waals surface area contributed by atoms with Crippen molar-refractivity contribution in [3.8, 4) is 0 Å². The molecule has 9 heteroatoms. The highest BCUT2D eigenvalue weighted by Crippen LogP contribution is 2.30. The largest absolute Gasteiger partial charge is 0.416 e. The van der Waals surface area contributed by atoms with Gasteiger partial charge in [-0.3, -0.25) is 4.57 Å². The van der Waals surface area contributed by atoms with Crippen LogP contribution in [0.15, 0.2) is 30.6 Å². The number of imidazole rings is 1. The van der Waals surface area contributed by atoms with Gasteiger partial charge in [-0.05, 0) is 27.6 Å². The molecule has 22 heavy (non-hydrogen) atoms. The number of alkyl halides is 3. The third kappa shape index (κ3) is 3.18. The van der Waals surface area contributed by atoms with Crippen molar-refractivity contribution in [3.05, 3.63) is 51.8 Å². The molecule has 118 valence electrons. The van der Waals surface area contributed by atoms with E-state index in [1.807, 2.05) is 0 Å². The summed E-state index contributed by atoms with van der Waals surface area (Å²) in [6.45, 7) is 0.221. The number of aryl methyl sites for hydroxylation is 1. The highest BCUT2D eigenvalue weighted by molar-refractivity contribution is 5.54. The second kappa shape index (κ2) is 5.66. The van der Waals surface area contributed by atoms with Crippen molar-refractivity contribution in [2.24, 2.45) is 7.05 Å². The van der Waals surface area contributed by atoms with E-state index in [0.29, 0.717) is 5.56 Å². The molecule has 0 bridgehead atoms. The first-order chi connectivity index (χ1) is 10.2. The molecule has 1 heterocycles. The first kappa shape index (κ1) is 15.8. The average molecular weight is 314 g/mol. The van der Waals surface area contributed by atoms with Crippen LogP contribution >= 0.6 is 0 Å². The highest BCUT2D eigenvalue weighted by Gasteiger charge is 2.30. The first-order valence-corrected chi connectivity index (χ1v) is 6.23. The van der Waals surface area contributed by atoms with Gasteiger partial charge in [0.25, 0.3) is 0 Å². The van der Waals surface area contributed by atoms with Crippen LogP contribution in [0, 0.1) is 10.1 Å². The molecule has 0 saturated heterocycles. The van der Waals surface area contributed by atoms with Crippen LogP contribution in [-0.2, 0) is 19.8 Å². The Morgan fingerprint density at radius 1 is 1.32 bits per heavy atom. The molecule has 0 N–H and O–H groups in total. The van der Waals surface area contributed by atoms with Gasteiger partial charge < -0.3 is 15.0 Å². The summed E-state index contributed by atoms with van der Waals surface area (Å²) in [5, 5.41) is 10.9. The molecule has 0 spiro atoms. The Labute approximate surface area is 123 Å². The Morgan fingerprint density at radius 3 is 2.41 bits per heavy atom. The standard InChI is InChI=1S/C13H13F3N4O2/c1-18(12-11(20(21)22)17-8-19(12)2)7-9-3-5-10(6-4-9)13(14,15)16/h3-6,8H,7H2,1-2H3. The van der Waals surface area contributed by atoms with Crippen LogP contribution in [0.2, 0.25) is 0 Å². The molecule has 0 unspecified atom stereocenters. The summed E-state index contributed by atoms with van der Waals surface area (Å²) in [7, 11) is 3.22. The van der Waals surface area contributed by atoms with Crippen LogP contribution in [0.5, 0.6) is 0 Å². The average Bonchev–Trinajstić information content (AvgIpc) is 2.80. The molecular formula is C13H13F3N4O2. The molecule has 0 aliphatic carbocycles. The van der Waals surface area contributed by atoms with Gasteiger partial charge in [0.15, 0.2) is 0 Å². The fourth-order valence-corrected chi connectivity index (χ4v) is 2.13. The molecule has 0 radical (unpaired) electrons. The fourth-order valence-electron chi connectivity index (χ4n) is 2.13. The lowest BCUT2D eigenvalue weighted by molar-refractivity contribution is -0.388.